The van der Waals surface area contributed by atoms with Crippen LogP contribution in [0.4, 0.5) is 0 Å². The van der Waals surface area contributed by atoms with Gasteiger partial charge in [0.1, 0.15) is 5.75 Å². The summed E-state index contributed by atoms with van der Waals surface area (Å²) in [6.07, 6.45) is 10.9. The maximum atomic E-state index is 12.1. The van der Waals surface area contributed by atoms with Gasteiger partial charge in [-0.3, -0.25) is 4.79 Å². The Bertz CT molecular complexity index is 552. The highest BCUT2D eigenvalue weighted by atomic mass is 16.5. The molecule has 0 saturated heterocycles. The van der Waals surface area contributed by atoms with E-state index in [9.17, 15) is 9.90 Å². The summed E-state index contributed by atoms with van der Waals surface area (Å²) in [5, 5.41) is 9.94. The highest BCUT2D eigenvalue weighted by Gasteiger charge is 2.41. The number of benzene rings is 1. The van der Waals surface area contributed by atoms with Crippen LogP contribution in [0.25, 0.3) is 0 Å². The molecule has 0 amide bonds. The molecule has 0 heterocycles. The fourth-order valence-electron chi connectivity index (χ4n) is 4.55. The van der Waals surface area contributed by atoms with Crippen LogP contribution in [-0.2, 0) is 10.2 Å². The van der Waals surface area contributed by atoms with Crippen molar-refractivity contribution in [3.8, 4) is 5.75 Å². The maximum absolute atomic E-state index is 12.1. The number of hydrogen-bond donors (Lipinski definition) is 1. The molecule has 1 aromatic carbocycles. The van der Waals surface area contributed by atoms with Crippen LogP contribution in [-0.4, -0.2) is 18.2 Å². The first-order chi connectivity index (χ1) is 11.2. The van der Waals surface area contributed by atoms with Crippen molar-refractivity contribution < 1.29 is 14.6 Å². The summed E-state index contributed by atoms with van der Waals surface area (Å²) in [4.78, 5) is 12.1. The molecule has 3 nitrogen and oxygen atoms in total. The van der Waals surface area contributed by atoms with E-state index in [1.54, 1.807) is 7.11 Å². The van der Waals surface area contributed by atoms with Crippen LogP contribution < -0.4 is 4.74 Å². The first kappa shape index (κ1) is 16.4. The first-order valence-corrected chi connectivity index (χ1v) is 9.09. The van der Waals surface area contributed by atoms with Gasteiger partial charge in [-0.2, -0.15) is 0 Å². The average molecular weight is 316 g/mol. The zero-order chi connectivity index (χ0) is 16.3. The fourth-order valence-corrected chi connectivity index (χ4v) is 4.55. The molecule has 0 bridgehead atoms. The first-order valence-electron chi connectivity index (χ1n) is 9.09. The molecule has 3 rings (SSSR count). The Morgan fingerprint density at radius 3 is 2.35 bits per heavy atom. The van der Waals surface area contributed by atoms with Crippen molar-refractivity contribution in [1.82, 2.24) is 0 Å². The van der Waals surface area contributed by atoms with Gasteiger partial charge >= 0.3 is 5.97 Å². The van der Waals surface area contributed by atoms with Crippen LogP contribution in [0.2, 0.25) is 0 Å². The molecule has 2 aliphatic rings. The molecule has 23 heavy (non-hydrogen) atoms. The van der Waals surface area contributed by atoms with E-state index in [0.29, 0.717) is 5.92 Å². The van der Waals surface area contributed by atoms with Crippen LogP contribution in [0.15, 0.2) is 18.2 Å². The summed E-state index contributed by atoms with van der Waals surface area (Å²) in [5.74, 6) is 0.794. The number of carboxylic acids is 1. The van der Waals surface area contributed by atoms with Gasteiger partial charge in [-0.15, -0.1) is 0 Å². The minimum atomic E-state index is -0.687. The second-order valence-electron chi connectivity index (χ2n) is 7.24. The molecule has 0 aliphatic heterocycles. The van der Waals surface area contributed by atoms with E-state index in [1.165, 1.54) is 37.7 Å². The van der Waals surface area contributed by atoms with Crippen molar-refractivity contribution in [2.45, 2.75) is 75.5 Å². The molecule has 126 valence electrons. The number of ether oxygens (including phenoxy) is 1. The zero-order valence-corrected chi connectivity index (χ0v) is 14.1. The summed E-state index contributed by atoms with van der Waals surface area (Å²) in [6, 6.07) is 6.15. The van der Waals surface area contributed by atoms with Gasteiger partial charge < -0.3 is 9.84 Å². The van der Waals surface area contributed by atoms with Crippen LogP contribution in [0.5, 0.6) is 5.75 Å². The van der Waals surface area contributed by atoms with E-state index in [-0.39, 0.29) is 0 Å². The number of carbonyl (C=O) groups is 1. The molecule has 2 aliphatic carbocycles. The van der Waals surface area contributed by atoms with E-state index < -0.39 is 11.4 Å². The molecule has 3 heteroatoms. The summed E-state index contributed by atoms with van der Waals surface area (Å²) in [5.41, 5.74) is 1.54. The van der Waals surface area contributed by atoms with Crippen molar-refractivity contribution in [3.63, 3.8) is 0 Å². The average Bonchev–Trinajstić information content (AvgIpc) is 2.62. The third-order valence-corrected chi connectivity index (χ3v) is 5.94. The van der Waals surface area contributed by atoms with Crippen molar-refractivity contribution in [3.05, 3.63) is 29.3 Å². The molecule has 1 aromatic rings. The lowest BCUT2D eigenvalue weighted by Gasteiger charge is -2.35. The van der Waals surface area contributed by atoms with E-state index >= 15 is 0 Å². The molecule has 2 fully saturated rings. The van der Waals surface area contributed by atoms with Crippen molar-refractivity contribution in [1.29, 1.82) is 0 Å². The number of methoxy groups -OCH3 is 1. The largest absolute Gasteiger partial charge is 0.496 e. The van der Waals surface area contributed by atoms with Gasteiger partial charge in [0.05, 0.1) is 12.5 Å². The van der Waals surface area contributed by atoms with Gasteiger partial charge in [0.2, 0.25) is 0 Å². The summed E-state index contributed by atoms with van der Waals surface area (Å²) >= 11 is 0. The third-order valence-electron chi connectivity index (χ3n) is 5.94. The quantitative estimate of drug-likeness (QED) is 0.847. The Morgan fingerprint density at radius 1 is 1.09 bits per heavy atom. The number of aliphatic carboxylic acids is 1. The minimum Gasteiger partial charge on any atom is -0.496 e. The van der Waals surface area contributed by atoms with Crippen molar-refractivity contribution in [2.24, 2.45) is 0 Å². The summed E-state index contributed by atoms with van der Waals surface area (Å²) < 4.78 is 5.59. The second-order valence-corrected chi connectivity index (χ2v) is 7.24. The molecule has 0 unspecified atom stereocenters. The van der Waals surface area contributed by atoms with E-state index in [0.717, 1.165) is 43.4 Å². The molecular formula is C20H28O3. The van der Waals surface area contributed by atoms with E-state index in [2.05, 4.69) is 6.07 Å². The summed E-state index contributed by atoms with van der Waals surface area (Å²) in [7, 11) is 1.72. The van der Waals surface area contributed by atoms with Gasteiger partial charge in [-0.25, -0.2) is 0 Å². The van der Waals surface area contributed by atoms with Crippen molar-refractivity contribution >= 4 is 5.97 Å². The lowest BCUT2D eigenvalue weighted by atomic mass is 9.68. The predicted octanol–water partition coefficient (Wildman–Crippen LogP) is 5.03. The molecule has 0 atom stereocenters. The van der Waals surface area contributed by atoms with Crippen LogP contribution >= 0.6 is 0 Å². The highest BCUT2D eigenvalue weighted by molar-refractivity contribution is 5.81. The lowest BCUT2D eigenvalue weighted by molar-refractivity contribution is -0.145. The highest BCUT2D eigenvalue weighted by Crippen LogP contribution is 2.44. The summed E-state index contributed by atoms with van der Waals surface area (Å²) in [6.45, 7) is 0. The Labute approximate surface area is 139 Å². The predicted molar refractivity (Wildman–Crippen MR) is 91.2 cm³/mol. The standard InChI is InChI=1S/C20H28O3/c1-23-18-11-10-16(14-17(18)15-8-4-2-5-9-15)20(19(21)22)12-6-3-7-13-20/h10-11,14-15H,2-9,12-13H2,1H3,(H,21,22). The van der Waals surface area contributed by atoms with Gasteiger partial charge in [0, 0.05) is 0 Å². The lowest BCUT2D eigenvalue weighted by Crippen LogP contribution is -2.38. The number of carboxylic acid groups (broad SMARTS) is 1. The van der Waals surface area contributed by atoms with Crippen LogP contribution in [0.3, 0.4) is 0 Å². The maximum Gasteiger partial charge on any atom is 0.314 e. The van der Waals surface area contributed by atoms with Crippen LogP contribution in [0, 0.1) is 0 Å². The topological polar surface area (TPSA) is 46.5 Å². The van der Waals surface area contributed by atoms with E-state index in [4.69, 9.17) is 4.74 Å². The Hall–Kier alpha value is -1.51. The zero-order valence-electron chi connectivity index (χ0n) is 14.1. The molecular weight excluding hydrogens is 288 g/mol. The SMILES string of the molecule is COc1ccc(C2(C(=O)O)CCCCC2)cc1C1CCCCC1. The third kappa shape index (κ3) is 3.11. The molecule has 0 aromatic heterocycles. The van der Waals surface area contributed by atoms with Gasteiger partial charge in [0.25, 0.3) is 0 Å². The number of rotatable bonds is 4. The second kappa shape index (κ2) is 6.94. The van der Waals surface area contributed by atoms with Gasteiger partial charge in [0.15, 0.2) is 0 Å². The molecule has 1 N–H and O–H groups in total. The number of hydrogen-bond acceptors (Lipinski definition) is 2. The molecule has 2 saturated carbocycles. The molecule has 0 radical (unpaired) electrons. The van der Waals surface area contributed by atoms with Gasteiger partial charge in [-0.1, -0.05) is 50.7 Å². The Balaban J connectivity index is 2.00. The minimum absolute atomic E-state index is 0.521. The van der Waals surface area contributed by atoms with E-state index in [1.807, 2.05) is 12.1 Å². The smallest absolute Gasteiger partial charge is 0.314 e. The van der Waals surface area contributed by atoms with Crippen LogP contribution in [0.1, 0.15) is 81.3 Å². The Kier molecular flexibility index (Phi) is 4.93. The fraction of sp³-hybridized carbons (Fsp3) is 0.650. The van der Waals surface area contributed by atoms with Crippen molar-refractivity contribution in [2.75, 3.05) is 7.11 Å². The van der Waals surface area contributed by atoms with Gasteiger partial charge in [-0.05, 0) is 48.8 Å². The monoisotopic (exact) mass is 316 g/mol. The Morgan fingerprint density at radius 2 is 1.74 bits per heavy atom. The molecule has 0 spiro atoms. The normalized spacial score (nSPS) is 21.8.